The van der Waals surface area contributed by atoms with Gasteiger partial charge in [-0.2, -0.15) is 0 Å². The van der Waals surface area contributed by atoms with Gasteiger partial charge in [0, 0.05) is 43.6 Å². The zero-order chi connectivity index (χ0) is 24.5. The van der Waals surface area contributed by atoms with E-state index in [0.717, 1.165) is 23.5 Å². The highest BCUT2D eigenvalue weighted by Gasteiger charge is 2.15. The number of hydrogen-bond donors (Lipinski definition) is 4. The summed E-state index contributed by atoms with van der Waals surface area (Å²) >= 11 is 0. The molecule has 3 aromatic carbocycles. The zero-order valence-corrected chi connectivity index (χ0v) is 19.8. The first kappa shape index (κ1) is 24.6. The lowest BCUT2D eigenvalue weighted by atomic mass is 10.1. The molecule has 0 aliphatic rings. The van der Waals surface area contributed by atoms with E-state index in [4.69, 9.17) is 5.73 Å². The van der Waals surface area contributed by atoms with E-state index in [1.807, 2.05) is 74.6 Å². The number of carbonyl (C=O) groups excluding carboxylic acids is 2. The second-order valence-electron chi connectivity index (χ2n) is 8.22. The van der Waals surface area contributed by atoms with Gasteiger partial charge in [-0.1, -0.05) is 24.3 Å². The van der Waals surface area contributed by atoms with Crippen LogP contribution in [0.2, 0.25) is 0 Å². The molecule has 0 atom stereocenters. The quantitative estimate of drug-likeness (QED) is 0.359. The van der Waals surface area contributed by atoms with E-state index in [9.17, 15) is 9.59 Å². The van der Waals surface area contributed by atoms with Crippen LogP contribution in [0.15, 0.2) is 72.8 Å². The summed E-state index contributed by atoms with van der Waals surface area (Å²) in [5.41, 5.74) is 10.1. The van der Waals surface area contributed by atoms with Crippen molar-refractivity contribution in [2.75, 3.05) is 55.9 Å². The van der Waals surface area contributed by atoms with Gasteiger partial charge in [0.05, 0.1) is 11.4 Å². The number of nitrogens with zero attached hydrogens (tertiary/aromatic N) is 2. The molecule has 34 heavy (non-hydrogen) atoms. The monoisotopic (exact) mass is 460 g/mol. The summed E-state index contributed by atoms with van der Waals surface area (Å²) in [7, 11) is 5.79. The van der Waals surface area contributed by atoms with Gasteiger partial charge in [-0.05, 0) is 68.2 Å². The van der Waals surface area contributed by atoms with Gasteiger partial charge in [0.2, 0.25) is 0 Å². The predicted octanol–water partition coefficient (Wildman–Crippen LogP) is 4.16. The van der Waals surface area contributed by atoms with E-state index in [1.54, 1.807) is 29.2 Å². The van der Waals surface area contributed by atoms with E-state index in [0.29, 0.717) is 30.0 Å². The highest BCUT2D eigenvalue weighted by molar-refractivity contribution is 6.05. The Balaban J connectivity index is 1.67. The van der Waals surface area contributed by atoms with Gasteiger partial charge in [-0.15, -0.1) is 0 Å². The van der Waals surface area contributed by atoms with Gasteiger partial charge in [-0.3, -0.25) is 4.79 Å². The molecule has 0 saturated carbocycles. The number of benzene rings is 3. The minimum absolute atomic E-state index is 0.180. The Kier molecular flexibility index (Phi) is 8.48. The van der Waals surface area contributed by atoms with E-state index >= 15 is 0 Å². The van der Waals surface area contributed by atoms with Crippen molar-refractivity contribution in [3.8, 4) is 0 Å². The first-order valence-corrected chi connectivity index (χ1v) is 11.1. The van der Waals surface area contributed by atoms with Gasteiger partial charge < -0.3 is 31.5 Å². The fourth-order valence-electron chi connectivity index (χ4n) is 3.28. The molecule has 5 N–H and O–H groups in total. The van der Waals surface area contributed by atoms with Crippen molar-refractivity contribution in [3.63, 3.8) is 0 Å². The summed E-state index contributed by atoms with van der Waals surface area (Å²) in [5, 5.41) is 8.85. The molecule has 3 rings (SSSR count). The van der Waals surface area contributed by atoms with Crippen molar-refractivity contribution < 1.29 is 9.59 Å². The number of nitrogen functional groups attached to an aromatic ring is 1. The van der Waals surface area contributed by atoms with Gasteiger partial charge in [-0.25, -0.2) is 4.79 Å². The standard InChI is InChI=1S/C26H32N6O2/c1-28-21-12-14-22(15-13-21)29-26(34)32(17-16-31(2)3)18-19-8-10-20(11-9-19)25(33)30-24-7-5-4-6-23(24)27/h4-15,28H,16-18,27H2,1-3H3,(H,29,34)(H,30,33). The molecule has 0 saturated heterocycles. The number of likely N-dealkylation sites (N-methyl/N-ethyl adjacent to an activating group) is 1. The smallest absolute Gasteiger partial charge is 0.322 e. The normalized spacial score (nSPS) is 10.6. The molecular formula is C26H32N6O2. The third kappa shape index (κ3) is 6.98. The highest BCUT2D eigenvalue weighted by Crippen LogP contribution is 2.19. The van der Waals surface area contributed by atoms with E-state index in [1.165, 1.54) is 0 Å². The molecule has 8 nitrogen and oxygen atoms in total. The minimum Gasteiger partial charge on any atom is -0.397 e. The summed E-state index contributed by atoms with van der Waals surface area (Å²) in [4.78, 5) is 29.4. The van der Waals surface area contributed by atoms with Crippen molar-refractivity contribution in [2.24, 2.45) is 0 Å². The Labute approximate surface area is 200 Å². The second-order valence-corrected chi connectivity index (χ2v) is 8.22. The lowest BCUT2D eigenvalue weighted by molar-refractivity contribution is 0.102. The van der Waals surface area contributed by atoms with Crippen molar-refractivity contribution in [1.29, 1.82) is 0 Å². The molecule has 0 fully saturated rings. The SMILES string of the molecule is CNc1ccc(NC(=O)N(CCN(C)C)Cc2ccc(C(=O)Nc3ccccc3N)cc2)cc1. The number of nitrogens with two attached hydrogens (primary N) is 1. The minimum atomic E-state index is -0.239. The predicted molar refractivity (Wildman–Crippen MR) is 139 cm³/mol. The van der Waals surface area contributed by atoms with Crippen LogP contribution in [0, 0.1) is 0 Å². The molecule has 0 heterocycles. The topological polar surface area (TPSA) is 103 Å². The van der Waals surface area contributed by atoms with E-state index in [2.05, 4.69) is 16.0 Å². The first-order chi connectivity index (χ1) is 16.4. The van der Waals surface area contributed by atoms with Gasteiger partial charge in [0.15, 0.2) is 0 Å². The van der Waals surface area contributed by atoms with Crippen LogP contribution in [-0.4, -0.2) is 56.0 Å². The number of amides is 3. The van der Waals surface area contributed by atoms with E-state index in [-0.39, 0.29) is 11.9 Å². The van der Waals surface area contributed by atoms with Crippen LogP contribution in [0.5, 0.6) is 0 Å². The van der Waals surface area contributed by atoms with Crippen LogP contribution >= 0.6 is 0 Å². The maximum absolute atomic E-state index is 13.0. The van der Waals surface area contributed by atoms with Crippen molar-refractivity contribution >= 4 is 34.7 Å². The summed E-state index contributed by atoms with van der Waals surface area (Å²) in [6.45, 7) is 1.70. The Bertz CT molecular complexity index is 1100. The van der Waals surface area contributed by atoms with Crippen LogP contribution in [-0.2, 0) is 6.54 Å². The zero-order valence-electron chi connectivity index (χ0n) is 19.8. The van der Waals surface area contributed by atoms with Crippen LogP contribution < -0.4 is 21.7 Å². The molecule has 0 spiro atoms. The largest absolute Gasteiger partial charge is 0.397 e. The second kappa shape index (κ2) is 11.7. The Hall–Kier alpha value is -4.04. The molecule has 0 radical (unpaired) electrons. The first-order valence-electron chi connectivity index (χ1n) is 11.1. The highest BCUT2D eigenvalue weighted by atomic mass is 16.2. The molecule has 3 amide bonds. The number of rotatable bonds is 9. The van der Waals surface area contributed by atoms with Crippen LogP contribution in [0.1, 0.15) is 15.9 Å². The lowest BCUT2D eigenvalue weighted by Gasteiger charge is -2.25. The third-order valence-electron chi connectivity index (χ3n) is 5.33. The van der Waals surface area contributed by atoms with Crippen LogP contribution in [0.4, 0.5) is 27.5 Å². The molecule has 0 aliphatic heterocycles. The molecule has 0 bridgehead atoms. The molecule has 0 aromatic heterocycles. The third-order valence-corrected chi connectivity index (χ3v) is 5.33. The number of nitrogens with one attached hydrogen (secondary N) is 3. The molecule has 3 aromatic rings. The van der Waals surface area contributed by atoms with Crippen LogP contribution in [0.25, 0.3) is 0 Å². The van der Waals surface area contributed by atoms with Crippen LogP contribution in [0.3, 0.4) is 0 Å². The number of para-hydroxylation sites is 2. The number of anilines is 4. The number of hydrogen-bond acceptors (Lipinski definition) is 5. The molecular weight excluding hydrogens is 428 g/mol. The molecule has 178 valence electrons. The summed E-state index contributed by atoms with van der Waals surface area (Å²) in [5.74, 6) is -0.239. The Morgan fingerprint density at radius 3 is 2.09 bits per heavy atom. The average Bonchev–Trinajstić information content (AvgIpc) is 2.83. The Morgan fingerprint density at radius 2 is 1.47 bits per heavy atom. The molecule has 0 aliphatic carbocycles. The molecule has 8 heteroatoms. The number of carbonyl (C=O) groups is 2. The summed E-state index contributed by atoms with van der Waals surface area (Å²) in [6, 6.07) is 21.7. The van der Waals surface area contributed by atoms with Crippen molar-refractivity contribution in [3.05, 3.63) is 83.9 Å². The average molecular weight is 461 g/mol. The van der Waals surface area contributed by atoms with Crippen molar-refractivity contribution in [1.82, 2.24) is 9.80 Å². The van der Waals surface area contributed by atoms with Crippen molar-refractivity contribution in [2.45, 2.75) is 6.54 Å². The summed E-state index contributed by atoms with van der Waals surface area (Å²) in [6.07, 6.45) is 0. The lowest BCUT2D eigenvalue weighted by Crippen LogP contribution is -2.39. The Morgan fingerprint density at radius 1 is 0.824 bits per heavy atom. The summed E-state index contributed by atoms with van der Waals surface area (Å²) < 4.78 is 0. The van der Waals surface area contributed by atoms with Gasteiger partial charge >= 0.3 is 6.03 Å². The molecule has 0 unspecified atom stereocenters. The fourth-order valence-corrected chi connectivity index (χ4v) is 3.28. The maximum Gasteiger partial charge on any atom is 0.322 e. The fraction of sp³-hybridized carbons (Fsp3) is 0.231. The van der Waals surface area contributed by atoms with Gasteiger partial charge in [0.1, 0.15) is 0 Å². The number of urea groups is 1. The maximum atomic E-state index is 13.0. The van der Waals surface area contributed by atoms with Gasteiger partial charge in [0.25, 0.3) is 5.91 Å². The van der Waals surface area contributed by atoms with E-state index < -0.39 is 0 Å².